The summed E-state index contributed by atoms with van der Waals surface area (Å²) in [5.74, 6) is -0.0922. The summed E-state index contributed by atoms with van der Waals surface area (Å²) in [6.07, 6.45) is -0.551. The van der Waals surface area contributed by atoms with Crippen molar-refractivity contribution in [3.8, 4) is 17.1 Å². The lowest BCUT2D eigenvalue weighted by Crippen LogP contribution is -2.59. The number of carbonyl (C=O) groups is 1. The Morgan fingerprint density at radius 3 is 2.66 bits per heavy atom. The predicted octanol–water partition coefficient (Wildman–Crippen LogP) is 6.42. The summed E-state index contributed by atoms with van der Waals surface area (Å²) < 4.78 is 35.6. The van der Waals surface area contributed by atoms with Crippen LogP contribution in [0.4, 0.5) is 15.0 Å². The molecule has 11 nitrogen and oxygen atoms in total. The van der Waals surface area contributed by atoms with Gasteiger partial charge in [-0.1, -0.05) is 17.7 Å². The van der Waals surface area contributed by atoms with Crippen LogP contribution in [-0.2, 0) is 9.47 Å². The topological polar surface area (TPSA) is 109 Å². The highest BCUT2D eigenvalue weighted by Gasteiger charge is 2.37. The highest BCUT2D eigenvalue weighted by Crippen LogP contribution is 2.43. The van der Waals surface area contributed by atoms with Crippen LogP contribution in [0, 0.1) is 16.4 Å². The van der Waals surface area contributed by atoms with Gasteiger partial charge in [0.15, 0.2) is 5.82 Å². The fraction of sp³-hybridized carbons (Fsp3) is 0.515. The van der Waals surface area contributed by atoms with Crippen LogP contribution in [0.1, 0.15) is 40.2 Å². The van der Waals surface area contributed by atoms with Crippen molar-refractivity contribution in [3.63, 3.8) is 0 Å². The van der Waals surface area contributed by atoms with Crippen LogP contribution in [0.2, 0.25) is 5.02 Å². The number of fused-ring (bicyclic) bond motifs is 2. The molecule has 47 heavy (non-hydrogen) atoms. The van der Waals surface area contributed by atoms with Gasteiger partial charge in [0.2, 0.25) is 0 Å². The number of nitrogens with one attached hydrogen (secondary N) is 1. The zero-order chi connectivity index (χ0) is 33.8. The average Bonchev–Trinajstić information content (AvgIpc) is 3.37. The molecule has 0 aliphatic carbocycles. The maximum Gasteiger partial charge on any atom is 0.410 e. The molecule has 2 aromatic heterocycles. The van der Waals surface area contributed by atoms with E-state index < -0.39 is 11.4 Å². The second-order valence-electron chi connectivity index (χ2n) is 13.5. The number of hydrogen-bond donors (Lipinski definition) is 1. The second kappa shape index (κ2) is 13.1. The van der Waals surface area contributed by atoms with Gasteiger partial charge in [-0.05, 0) is 88.9 Å². The minimum Gasteiger partial charge on any atom is -0.461 e. The van der Waals surface area contributed by atoms with Crippen molar-refractivity contribution >= 4 is 67.9 Å². The van der Waals surface area contributed by atoms with E-state index in [9.17, 15) is 4.79 Å². The zero-order valence-corrected chi connectivity index (χ0v) is 30.6. The van der Waals surface area contributed by atoms with Gasteiger partial charge in [0.05, 0.1) is 17.1 Å². The van der Waals surface area contributed by atoms with E-state index >= 15 is 4.39 Å². The number of piperazine rings is 1. The smallest absolute Gasteiger partial charge is 0.410 e. The number of morpholine rings is 1. The molecule has 1 N–H and O–H groups in total. The Morgan fingerprint density at radius 2 is 1.94 bits per heavy atom. The summed E-state index contributed by atoms with van der Waals surface area (Å²) in [5, 5.41) is 8.85. The Hall–Kier alpha value is -3.01. The van der Waals surface area contributed by atoms with Crippen LogP contribution in [-0.4, -0.2) is 106 Å². The van der Waals surface area contributed by atoms with Crippen molar-refractivity contribution in [1.29, 1.82) is 0 Å². The number of benzene rings is 2. The molecule has 3 atom stereocenters. The summed E-state index contributed by atoms with van der Waals surface area (Å²) in [6, 6.07) is 5.17. The van der Waals surface area contributed by atoms with E-state index in [1.165, 1.54) is 0 Å². The molecule has 4 aromatic rings. The molecule has 0 unspecified atom stereocenters. The molecule has 2 aromatic carbocycles. The number of amides is 1. The normalized spacial score (nSPS) is 21.1. The first-order chi connectivity index (χ1) is 22.2. The lowest BCUT2D eigenvalue weighted by molar-refractivity contribution is -0.0416. The van der Waals surface area contributed by atoms with Crippen molar-refractivity contribution in [2.24, 2.45) is 0 Å². The summed E-state index contributed by atoms with van der Waals surface area (Å²) in [6.45, 7) is 14.6. The molecule has 2 aliphatic heterocycles. The van der Waals surface area contributed by atoms with Crippen LogP contribution < -0.4 is 9.64 Å². The third-order valence-corrected chi connectivity index (χ3v) is 9.68. The van der Waals surface area contributed by atoms with Gasteiger partial charge in [-0.25, -0.2) is 9.18 Å². The maximum absolute atomic E-state index is 17.1. The molecule has 0 radical (unpaired) electrons. The summed E-state index contributed by atoms with van der Waals surface area (Å²) in [7, 11) is 2.03. The minimum absolute atomic E-state index is 0.0405. The number of likely N-dealkylation sites (N-methyl/N-ethyl adjacent to an activating group) is 1. The van der Waals surface area contributed by atoms with Crippen LogP contribution in [0.3, 0.4) is 0 Å². The molecular weight excluding hydrogens is 740 g/mol. The number of ether oxygens (including phenoxy) is 3. The molecule has 0 bridgehead atoms. The number of carbonyl (C=O) groups excluding carboxylic acids is 1. The first-order valence-corrected chi connectivity index (χ1v) is 17.2. The molecule has 252 valence electrons. The number of anilines is 1. The third-order valence-electron chi connectivity index (χ3n) is 8.60. The monoisotopic (exact) mass is 779 g/mol. The number of halogens is 3. The molecule has 2 aliphatic rings. The second-order valence-corrected chi connectivity index (χ2v) is 15.0. The minimum atomic E-state index is -0.619. The average molecular weight is 780 g/mol. The molecule has 1 amide bonds. The molecular formula is C33H40ClFIN7O4. The molecule has 14 heteroatoms. The van der Waals surface area contributed by atoms with Gasteiger partial charge in [-0.3, -0.25) is 5.10 Å². The highest BCUT2D eigenvalue weighted by molar-refractivity contribution is 14.1. The fourth-order valence-corrected chi connectivity index (χ4v) is 7.26. The largest absolute Gasteiger partial charge is 0.461 e. The van der Waals surface area contributed by atoms with E-state index in [2.05, 4.69) is 47.6 Å². The van der Waals surface area contributed by atoms with E-state index in [1.54, 1.807) is 11.0 Å². The number of aryl methyl sites for hydroxylation is 1. The number of H-pyrrole nitrogens is 1. The van der Waals surface area contributed by atoms with E-state index in [1.807, 2.05) is 60.7 Å². The Morgan fingerprint density at radius 1 is 1.17 bits per heavy atom. The van der Waals surface area contributed by atoms with Crippen molar-refractivity contribution in [1.82, 2.24) is 30.0 Å². The molecule has 6 rings (SSSR count). The Balaban J connectivity index is 1.46. The van der Waals surface area contributed by atoms with E-state index in [0.29, 0.717) is 48.5 Å². The lowest BCUT2D eigenvalue weighted by Gasteiger charge is -2.45. The maximum atomic E-state index is 17.1. The van der Waals surface area contributed by atoms with Crippen molar-refractivity contribution < 1.29 is 23.4 Å². The number of nitrogens with zero attached hydrogens (tertiary/aromatic N) is 6. The van der Waals surface area contributed by atoms with Crippen LogP contribution in [0.5, 0.6) is 6.01 Å². The molecule has 2 saturated heterocycles. The number of aromatic amines is 1. The highest BCUT2D eigenvalue weighted by atomic mass is 127. The van der Waals surface area contributed by atoms with E-state index in [-0.39, 0.29) is 53.0 Å². The zero-order valence-electron chi connectivity index (χ0n) is 27.7. The van der Waals surface area contributed by atoms with Gasteiger partial charge in [-0.2, -0.15) is 15.1 Å². The van der Waals surface area contributed by atoms with Gasteiger partial charge in [0, 0.05) is 60.2 Å². The number of aromatic nitrogens is 4. The standard InChI is InChI=1S/C33H40ClFIN7O4/c1-17-8-9-23-26(29(36)40-39-23)24(17)25-22(34)12-21-28(27(25)35)37-31(46-16-20-15-41(7)10-11-45-20)38-30(21)42-13-19(3)43(14-18(42)2)32(44)47-33(4,5)6/h8-9,12,18-20H,10-11,13-16H2,1-7H3,(H,39,40)/t18-,19+,20+/m0/s1. The van der Waals surface area contributed by atoms with Crippen molar-refractivity contribution in [2.75, 3.05) is 51.3 Å². The van der Waals surface area contributed by atoms with Gasteiger partial charge in [0.25, 0.3) is 0 Å². The van der Waals surface area contributed by atoms with Gasteiger partial charge in [0.1, 0.15) is 33.3 Å². The molecule has 2 fully saturated rings. The van der Waals surface area contributed by atoms with E-state index in [0.717, 1.165) is 21.2 Å². The Labute approximate surface area is 292 Å². The fourth-order valence-electron chi connectivity index (χ4n) is 6.30. The summed E-state index contributed by atoms with van der Waals surface area (Å²) >= 11 is 9.15. The number of hydrogen-bond acceptors (Lipinski definition) is 9. The van der Waals surface area contributed by atoms with Crippen LogP contribution in [0.15, 0.2) is 18.2 Å². The van der Waals surface area contributed by atoms with Gasteiger partial charge < -0.3 is 28.9 Å². The first-order valence-electron chi connectivity index (χ1n) is 15.7. The van der Waals surface area contributed by atoms with Crippen LogP contribution in [0.25, 0.3) is 32.9 Å². The van der Waals surface area contributed by atoms with Crippen molar-refractivity contribution in [2.45, 2.75) is 65.3 Å². The van der Waals surface area contributed by atoms with Crippen LogP contribution >= 0.6 is 34.2 Å². The van der Waals surface area contributed by atoms with Gasteiger partial charge in [-0.15, -0.1) is 0 Å². The summed E-state index contributed by atoms with van der Waals surface area (Å²) in [5.41, 5.74) is 1.93. The SMILES string of the molecule is Cc1ccc2n[nH]c(I)c2c1-c1c(Cl)cc2c(N3C[C@@H](C)N(C(=O)OC(C)(C)C)C[C@@H]3C)nc(OC[C@H]3CN(C)CCO3)nc2c1F. The quantitative estimate of drug-likeness (QED) is 0.230. The van der Waals surface area contributed by atoms with Gasteiger partial charge >= 0.3 is 12.1 Å². The lowest BCUT2D eigenvalue weighted by atomic mass is 9.95. The van der Waals surface area contributed by atoms with Crippen molar-refractivity contribution in [3.05, 3.63) is 38.3 Å². The molecule has 0 saturated carbocycles. The molecule has 0 spiro atoms. The third kappa shape index (κ3) is 6.81. The number of rotatable bonds is 5. The predicted molar refractivity (Wildman–Crippen MR) is 189 cm³/mol. The first kappa shape index (κ1) is 33.9. The van der Waals surface area contributed by atoms with E-state index in [4.69, 9.17) is 30.8 Å². The summed E-state index contributed by atoms with van der Waals surface area (Å²) in [4.78, 5) is 28.5. The Kier molecular flexibility index (Phi) is 9.46. The Bertz CT molecular complexity index is 1830. The molecule has 4 heterocycles.